The van der Waals surface area contributed by atoms with Gasteiger partial charge in [0.15, 0.2) is 0 Å². The summed E-state index contributed by atoms with van der Waals surface area (Å²) >= 11 is 7.46. The molecule has 134 valence electrons. The highest BCUT2D eigenvalue weighted by Gasteiger charge is 2.32. The normalized spacial score (nSPS) is 15.6. The molecule has 1 aromatic heterocycles. The number of carbonyl (C=O) groups excluding carboxylic acids is 2. The van der Waals surface area contributed by atoms with Crippen LogP contribution in [-0.2, 0) is 9.59 Å². The van der Waals surface area contributed by atoms with Gasteiger partial charge in [0.25, 0.3) is 5.91 Å². The molecule has 1 saturated heterocycles. The highest BCUT2D eigenvalue weighted by Crippen LogP contribution is 2.32. The fourth-order valence-electron chi connectivity index (χ4n) is 2.12. The number of nitrogens with one attached hydrogen (secondary N) is 1. The number of amides is 2. The van der Waals surface area contributed by atoms with Gasteiger partial charge in [0.05, 0.1) is 12.0 Å². The number of nitrogens with zero attached hydrogens (tertiary/aromatic N) is 4. The van der Waals surface area contributed by atoms with Crippen molar-refractivity contribution in [3.63, 3.8) is 0 Å². The molecule has 11 heteroatoms. The fourth-order valence-corrected chi connectivity index (χ4v) is 3.81. The van der Waals surface area contributed by atoms with Gasteiger partial charge in [0, 0.05) is 24.5 Å². The summed E-state index contributed by atoms with van der Waals surface area (Å²) in [6.07, 6.45) is 1.87. The van der Waals surface area contributed by atoms with Crippen LogP contribution >= 0.6 is 35.5 Å². The van der Waals surface area contributed by atoms with Gasteiger partial charge in [0.1, 0.15) is 10.1 Å². The first kappa shape index (κ1) is 18.4. The van der Waals surface area contributed by atoms with Gasteiger partial charge in [-0.05, 0) is 29.0 Å². The summed E-state index contributed by atoms with van der Waals surface area (Å²) in [4.78, 5) is 26.4. The molecule has 1 aromatic carbocycles. The van der Waals surface area contributed by atoms with E-state index < -0.39 is 0 Å². The van der Waals surface area contributed by atoms with E-state index in [-0.39, 0.29) is 24.8 Å². The average Bonchev–Trinajstić information content (AvgIpc) is 3.23. The van der Waals surface area contributed by atoms with Gasteiger partial charge in [-0.1, -0.05) is 45.7 Å². The summed E-state index contributed by atoms with van der Waals surface area (Å²) < 4.78 is 9.11. The Morgan fingerprint density at radius 1 is 1.38 bits per heavy atom. The van der Waals surface area contributed by atoms with Crippen LogP contribution in [0, 0.1) is 0 Å². The van der Waals surface area contributed by atoms with Crippen molar-refractivity contribution in [1.29, 1.82) is 0 Å². The van der Waals surface area contributed by atoms with Crippen molar-refractivity contribution in [2.24, 2.45) is 0 Å². The van der Waals surface area contributed by atoms with Gasteiger partial charge in [-0.2, -0.15) is 0 Å². The first-order valence-electron chi connectivity index (χ1n) is 7.41. The Hall–Kier alpha value is -2.37. The van der Waals surface area contributed by atoms with E-state index in [4.69, 9.17) is 17.0 Å². The number of thiocarbonyl (C=S) groups is 1. The van der Waals surface area contributed by atoms with Crippen LogP contribution < -0.4 is 10.1 Å². The number of rotatable bonds is 6. The second-order valence-corrected chi connectivity index (χ2v) is 7.48. The third-order valence-corrected chi connectivity index (χ3v) is 5.28. The maximum atomic E-state index is 12.5. The minimum atomic E-state index is -0.281. The van der Waals surface area contributed by atoms with E-state index in [1.165, 1.54) is 16.7 Å². The number of ether oxygens (including phenoxy) is 1. The van der Waals surface area contributed by atoms with Crippen LogP contribution in [0.25, 0.3) is 6.08 Å². The van der Waals surface area contributed by atoms with Gasteiger partial charge < -0.3 is 4.74 Å². The van der Waals surface area contributed by atoms with E-state index >= 15 is 0 Å². The molecule has 0 aliphatic carbocycles. The lowest BCUT2D eigenvalue weighted by Crippen LogP contribution is -2.31. The average molecular weight is 408 g/mol. The molecule has 1 aliphatic rings. The van der Waals surface area contributed by atoms with Gasteiger partial charge in [-0.3, -0.25) is 19.8 Å². The van der Waals surface area contributed by atoms with Gasteiger partial charge in [0.2, 0.25) is 11.0 Å². The van der Waals surface area contributed by atoms with E-state index in [0.717, 1.165) is 22.8 Å². The Labute approximate surface area is 162 Å². The molecule has 1 N–H and O–H groups in total. The largest absolute Gasteiger partial charge is 0.497 e. The Kier molecular flexibility index (Phi) is 5.91. The number of hydrogen-bond acceptors (Lipinski definition) is 9. The molecule has 26 heavy (non-hydrogen) atoms. The predicted molar refractivity (Wildman–Crippen MR) is 104 cm³/mol. The van der Waals surface area contributed by atoms with Crippen LogP contribution in [0.15, 0.2) is 29.2 Å². The smallest absolute Gasteiger partial charge is 0.266 e. The second-order valence-electron chi connectivity index (χ2n) is 5.07. The molecule has 0 spiro atoms. The van der Waals surface area contributed by atoms with Crippen LogP contribution in [0.1, 0.15) is 12.0 Å². The van der Waals surface area contributed by atoms with Gasteiger partial charge in [-0.15, -0.1) is 0 Å². The zero-order valence-corrected chi connectivity index (χ0v) is 16.0. The Morgan fingerprint density at radius 3 is 2.81 bits per heavy atom. The van der Waals surface area contributed by atoms with Crippen molar-refractivity contribution >= 4 is 62.9 Å². The summed E-state index contributed by atoms with van der Waals surface area (Å²) in [7, 11) is 1.60. The Balaban J connectivity index is 1.60. The predicted octanol–water partition coefficient (Wildman–Crippen LogP) is 2.17. The van der Waals surface area contributed by atoms with E-state index in [0.29, 0.717) is 14.4 Å². The first-order chi connectivity index (χ1) is 12.6. The van der Waals surface area contributed by atoms with Crippen molar-refractivity contribution in [3.8, 4) is 5.75 Å². The number of hydrogen-bond donors (Lipinski definition) is 1. The summed E-state index contributed by atoms with van der Waals surface area (Å²) in [5, 5.41) is 9.92. The second kappa shape index (κ2) is 8.34. The molecule has 1 fully saturated rings. The molecule has 0 unspecified atom stereocenters. The number of thioether (sulfide) groups is 1. The molecular formula is C15H13N5O3S3. The van der Waals surface area contributed by atoms with E-state index in [1.807, 2.05) is 24.3 Å². The highest BCUT2D eigenvalue weighted by atomic mass is 32.2. The lowest BCUT2D eigenvalue weighted by atomic mass is 10.2. The molecule has 0 bridgehead atoms. The molecule has 3 rings (SSSR count). The molecular weight excluding hydrogens is 394 g/mol. The Bertz CT molecular complexity index is 852. The molecule has 0 saturated carbocycles. The van der Waals surface area contributed by atoms with Crippen LogP contribution in [0.3, 0.4) is 0 Å². The maximum absolute atomic E-state index is 12.5. The van der Waals surface area contributed by atoms with Crippen LogP contribution in [0.5, 0.6) is 5.75 Å². The van der Waals surface area contributed by atoms with Crippen LogP contribution in [-0.4, -0.2) is 49.5 Å². The van der Waals surface area contributed by atoms with Crippen molar-refractivity contribution in [2.75, 3.05) is 19.0 Å². The number of carbonyl (C=O) groups is 2. The van der Waals surface area contributed by atoms with E-state index in [2.05, 4.69) is 20.1 Å². The van der Waals surface area contributed by atoms with Crippen LogP contribution in [0.2, 0.25) is 0 Å². The summed E-state index contributed by atoms with van der Waals surface area (Å²) in [5.74, 6) is 0.254. The van der Waals surface area contributed by atoms with E-state index in [1.54, 1.807) is 13.2 Å². The summed E-state index contributed by atoms with van der Waals surface area (Å²) in [6.45, 7) is 0.197. The summed E-state index contributed by atoms with van der Waals surface area (Å²) in [5.41, 5.74) is 0.868. The van der Waals surface area contributed by atoms with Crippen molar-refractivity contribution in [1.82, 2.24) is 19.7 Å². The first-order valence-corrected chi connectivity index (χ1v) is 9.41. The van der Waals surface area contributed by atoms with Gasteiger partial charge >= 0.3 is 0 Å². The third-order valence-electron chi connectivity index (χ3n) is 3.40. The molecule has 2 heterocycles. The summed E-state index contributed by atoms with van der Waals surface area (Å²) in [6, 6.07) is 7.35. The maximum Gasteiger partial charge on any atom is 0.266 e. The zero-order chi connectivity index (χ0) is 18.5. The molecule has 1 aliphatic heterocycles. The quantitative estimate of drug-likeness (QED) is 0.575. The molecule has 0 atom stereocenters. The lowest BCUT2D eigenvalue weighted by Gasteiger charge is -2.13. The minimum absolute atomic E-state index is 0.0990. The SMILES string of the molecule is COc1ccc(/C=C2\SC(=S)N(CCC(=O)Nc3nnns3)C2=O)cc1. The molecule has 8 nitrogen and oxygen atoms in total. The van der Waals surface area contributed by atoms with Crippen molar-refractivity contribution in [3.05, 3.63) is 34.7 Å². The number of benzene rings is 1. The topological polar surface area (TPSA) is 97.3 Å². The van der Waals surface area contributed by atoms with Gasteiger partial charge in [-0.25, -0.2) is 0 Å². The molecule has 2 amide bonds. The van der Waals surface area contributed by atoms with E-state index in [9.17, 15) is 9.59 Å². The van der Waals surface area contributed by atoms with Crippen molar-refractivity contribution in [2.45, 2.75) is 6.42 Å². The standard InChI is InChI=1S/C15H13N5O3S3/c1-23-10-4-2-9(3-5-10)8-11-13(22)20(15(24)25-11)7-6-12(21)16-14-17-18-19-26-14/h2-5,8H,6-7H2,1H3,(H,16,17,19,21)/b11-8-. The highest BCUT2D eigenvalue weighted by molar-refractivity contribution is 8.26. The molecule has 2 aromatic rings. The number of anilines is 1. The number of methoxy groups -OCH3 is 1. The number of aromatic nitrogens is 3. The molecule has 0 radical (unpaired) electrons. The van der Waals surface area contributed by atoms with Crippen LogP contribution in [0.4, 0.5) is 5.13 Å². The Morgan fingerprint density at radius 2 is 2.15 bits per heavy atom. The monoisotopic (exact) mass is 407 g/mol. The third kappa shape index (κ3) is 4.42. The lowest BCUT2D eigenvalue weighted by molar-refractivity contribution is -0.122. The van der Waals surface area contributed by atoms with Crippen molar-refractivity contribution < 1.29 is 14.3 Å². The minimum Gasteiger partial charge on any atom is -0.497 e. The zero-order valence-electron chi connectivity index (χ0n) is 13.5. The fraction of sp³-hybridized carbons (Fsp3) is 0.200.